The van der Waals surface area contributed by atoms with E-state index in [0.717, 1.165) is 16.9 Å². The van der Waals surface area contributed by atoms with Crippen LogP contribution in [0.2, 0.25) is 0 Å². The smallest absolute Gasteiger partial charge is 0.338 e. The predicted octanol–water partition coefficient (Wildman–Crippen LogP) is 3.29. The number of benzene rings is 1. The normalized spacial score (nSPS) is 16.3. The molecular weight excluding hydrogens is 260 g/mol. The molecule has 1 aromatic carbocycles. The Balaban J connectivity index is 1.97. The molecule has 0 aliphatic carbocycles. The van der Waals surface area contributed by atoms with Crippen molar-refractivity contribution in [3.63, 3.8) is 0 Å². The second-order valence-corrected chi connectivity index (χ2v) is 5.12. The lowest BCUT2D eigenvalue weighted by Crippen LogP contribution is -2.35. The van der Waals surface area contributed by atoms with Crippen LogP contribution < -0.4 is 4.74 Å². The third kappa shape index (κ3) is 2.28. The van der Waals surface area contributed by atoms with Crippen molar-refractivity contribution in [3.05, 3.63) is 41.7 Å². The number of carbonyl (C=O) groups is 1. The molecule has 1 N–H and O–H groups in total. The number of ether oxygens (including phenoxy) is 2. The highest BCUT2D eigenvalue weighted by Gasteiger charge is 2.27. The molecule has 20 heavy (non-hydrogen) atoms. The lowest BCUT2D eigenvalue weighted by molar-refractivity contribution is -0.180. The van der Waals surface area contributed by atoms with E-state index >= 15 is 0 Å². The van der Waals surface area contributed by atoms with Crippen LogP contribution in [0.4, 0.5) is 0 Å². The van der Waals surface area contributed by atoms with Crippen molar-refractivity contribution in [2.75, 3.05) is 0 Å². The van der Waals surface area contributed by atoms with Gasteiger partial charge in [-0.1, -0.05) is 12.1 Å². The summed E-state index contributed by atoms with van der Waals surface area (Å²) in [4.78, 5) is 10.9. The van der Waals surface area contributed by atoms with Crippen LogP contribution in [0.1, 0.15) is 29.8 Å². The average Bonchev–Trinajstić information content (AvgIpc) is 2.86. The molecule has 0 atom stereocenters. The number of carboxylic acids is 1. The highest BCUT2D eigenvalue weighted by Crippen LogP contribution is 2.35. The topological polar surface area (TPSA) is 68.9 Å². The first-order valence-electron chi connectivity index (χ1n) is 6.23. The summed E-state index contributed by atoms with van der Waals surface area (Å²) >= 11 is 0. The molecule has 0 saturated heterocycles. The number of fused-ring (bicyclic) bond motifs is 1. The second kappa shape index (κ2) is 4.38. The quantitative estimate of drug-likeness (QED) is 0.910. The molecule has 2 aromatic rings. The largest absolute Gasteiger partial charge is 0.478 e. The van der Waals surface area contributed by atoms with Crippen LogP contribution in [0.5, 0.6) is 5.75 Å². The summed E-state index contributed by atoms with van der Waals surface area (Å²) in [5, 5.41) is 8.90. The molecule has 104 valence electrons. The molecule has 0 saturated carbocycles. The minimum Gasteiger partial charge on any atom is -0.478 e. The first kappa shape index (κ1) is 12.7. The molecule has 3 rings (SSSR count). The van der Waals surface area contributed by atoms with E-state index in [1.807, 2.05) is 32.0 Å². The molecule has 0 unspecified atom stereocenters. The van der Waals surface area contributed by atoms with Crippen LogP contribution >= 0.6 is 0 Å². The fourth-order valence-electron chi connectivity index (χ4n) is 2.07. The number of hydrogen-bond donors (Lipinski definition) is 1. The average molecular weight is 274 g/mol. The predicted molar refractivity (Wildman–Crippen MR) is 70.6 cm³/mol. The first-order valence-corrected chi connectivity index (χ1v) is 6.23. The van der Waals surface area contributed by atoms with Gasteiger partial charge in [0.05, 0.1) is 12.2 Å². The Bertz CT molecular complexity index is 669. The van der Waals surface area contributed by atoms with Crippen LogP contribution in [0, 0.1) is 0 Å². The monoisotopic (exact) mass is 274 g/mol. The van der Waals surface area contributed by atoms with Gasteiger partial charge in [-0.15, -0.1) is 0 Å². The molecule has 0 amide bonds. The fraction of sp³-hybridized carbons (Fsp3) is 0.267. The molecule has 0 fully saturated rings. The van der Waals surface area contributed by atoms with E-state index in [2.05, 4.69) is 0 Å². The van der Waals surface area contributed by atoms with Crippen LogP contribution in [0.15, 0.2) is 34.9 Å². The summed E-state index contributed by atoms with van der Waals surface area (Å²) < 4.78 is 16.6. The Morgan fingerprint density at radius 2 is 2.10 bits per heavy atom. The SMILES string of the molecule is CC1(C)OCc2ccc(-c3cc(C(=O)O)co3)cc2O1. The van der Waals surface area contributed by atoms with E-state index in [1.165, 1.54) is 12.3 Å². The summed E-state index contributed by atoms with van der Waals surface area (Å²) in [7, 11) is 0. The molecular formula is C15H14O5. The summed E-state index contributed by atoms with van der Waals surface area (Å²) in [6.45, 7) is 4.18. The molecule has 5 heteroatoms. The second-order valence-electron chi connectivity index (χ2n) is 5.12. The van der Waals surface area contributed by atoms with Gasteiger partial charge in [-0.3, -0.25) is 0 Å². The van der Waals surface area contributed by atoms with Gasteiger partial charge in [0.2, 0.25) is 5.79 Å². The summed E-state index contributed by atoms with van der Waals surface area (Å²) in [6, 6.07) is 7.08. The van der Waals surface area contributed by atoms with Gasteiger partial charge in [0.1, 0.15) is 17.8 Å². The van der Waals surface area contributed by atoms with Gasteiger partial charge in [0, 0.05) is 25.0 Å². The van der Waals surface area contributed by atoms with Gasteiger partial charge in [-0.25, -0.2) is 4.79 Å². The lowest BCUT2D eigenvalue weighted by Gasteiger charge is -2.32. The van der Waals surface area contributed by atoms with Crippen molar-refractivity contribution in [2.45, 2.75) is 26.2 Å². The minimum atomic E-state index is -1.01. The Labute approximate surface area is 115 Å². The number of hydrogen-bond acceptors (Lipinski definition) is 4. The van der Waals surface area contributed by atoms with E-state index < -0.39 is 11.8 Å². The van der Waals surface area contributed by atoms with Crippen LogP contribution in [-0.4, -0.2) is 16.9 Å². The van der Waals surface area contributed by atoms with Crippen LogP contribution in [0.3, 0.4) is 0 Å². The van der Waals surface area contributed by atoms with Gasteiger partial charge < -0.3 is 19.0 Å². The first-order chi connectivity index (χ1) is 9.44. The Hall–Kier alpha value is -2.27. The number of rotatable bonds is 2. The Kier molecular flexibility index (Phi) is 2.79. The third-order valence-corrected chi connectivity index (χ3v) is 3.13. The van der Waals surface area contributed by atoms with Crippen molar-refractivity contribution in [1.29, 1.82) is 0 Å². The maximum Gasteiger partial charge on any atom is 0.338 e. The minimum absolute atomic E-state index is 0.127. The maximum atomic E-state index is 10.9. The fourth-order valence-corrected chi connectivity index (χ4v) is 2.07. The molecule has 0 spiro atoms. The zero-order valence-electron chi connectivity index (χ0n) is 11.2. The summed E-state index contributed by atoms with van der Waals surface area (Å²) in [5.41, 5.74) is 1.86. The standard InChI is InChI=1S/C15H14O5/c1-15(2)19-8-10-4-3-9(5-13(10)20-15)12-6-11(7-18-12)14(16)17/h3-7H,8H2,1-2H3,(H,16,17). The van der Waals surface area contributed by atoms with Gasteiger partial charge in [-0.05, 0) is 12.1 Å². The zero-order valence-corrected chi connectivity index (χ0v) is 11.2. The van der Waals surface area contributed by atoms with Crippen molar-refractivity contribution >= 4 is 5.97 Å². The Morgan fingerprint density at radius 3 is 2.80 bits per heavy atom. The molecule has 1 aliphatic heterocycles. The number of furan rings is 1. The van der Waals surface area contributed by atoms with Gasteiger partial charge in [-0.2, -0.15) is 0 Å². The molecule has 5 nitrogen and oxygen atoms in total. The van der Waals surface area contributed by atoms with Crippen LogP contribution in [-0.2, 0) is 11.3 Å². The molecule has 1 aromatic heterocycles. The lowest BCUT2D eigenvalue weighted by atomic mass is 10.1. The molecule has 1 aliphatic rings. The summed E-state index contributed by atoms with van der Waals surface area (Å²) in [5.74, 6) is -0.449. The zero-order chi connectivity index (χ0) is 14.3. The van der Waals surface area contributed by atoms with Gasteiger partial charge >= 0.3 is 5.97 Å². The molecule has 2 heterocycles. The van der Waals surface area contributed by atoms with Crippen LogP contribution in [0.25, 0.3) is 11.3 Å². The van der Waals surface area contributed by atoms with Crippen molar-refractivity contribution < 1.29 is 23.8 Å². The maximum absolute atomic E-state index is 10.9. The summed E-state index contributed by atoms with van der Waals surface area (Å²) in [6.07, 6.45) is 1.23. The van der Waals surface area contributed by atoms with E-state index in [-0.39, 0.29) is 5.56 Å². The van der Waals surface area contributed by atoms with E-state index in [4.69, 9.17) is 19.0 Å². The number of carboxylic acid groups (broad SMARTS) is 1. The van der Waals surface area contributed by atoms with E-state index in [9.17, 15) is 4.79 Å². The van der Waals surface area contributed by atoms with Crippen molar-refractivity contribution in [3.8, 4) is 17.1 Å². The number of aromatic carboxylic acids is 1. The molecule has 0 bridgehead atoms. The van der Waals surface area contributed by atoms with Crippen molar-refractivity contribution in [2.24, 2.45) is 0 Å². The van der Waals surface area contributed by atoms with E-state index in [1.54, 1.807) is 0 Å². The van der Waals surface area contributed by atoms with Crippen molar-refractivity contribution in [1.82, 2.24) is 0 Å². The Morgan fingerprint density at radius 1 is 1.30 bits per heavy atom. The van der Waals surface area contributed by atoms with E-state index in [0.29, 0.717) is 12.4 Å². The van der Waals surface area contributed by atoms with Gasteiger partial charge in [0.25, 0.3) is 0 Å². The molecule has 0 radical (unpaired) electrons. The third-order valence-electron chi connectivity index (χ3n) is 3.13. The highest BCUT2D eigenvalue weighted by atomic mass is 16.7. The van der Waals surface area contributed by atoms with Gasteiger partial charge in [0.15, 0.2) is 0 Å². The highest BCUT2D eigenvalue weighted by molar-refractivity contribution is 5.88.